The molecule has 2 saturated carbocycles. The fourth-order valence-electron chi connectivity index (χ4n) is 3.08. The minimum absolute atomic E-state index is 0.123. The van der Waals surface area contributed by atoms with E-state index in [4.69, 9.17) is 0 Å². The maximum Gasteiger partial charge on any atom is 0.0693 e. The molecule has 0 saturated heterocycles. The summed E-state index contributed by atoms with van der Waals surface area (Å²) in [5.74, 6) is 0.405. The van der Waals surface area contributed by atoms with Crippen LogP contribution in [-0.4, -0.2) is 35.0 Å². The van der Waals surface area contributed by atoms with Crippen molar-refractivity contribution in [3.05, 3.63) is 0 Å². The van der Waals surface area contributed by atoms with E-state index >= 15 is 0 Å². The average Bonchev–Trinajstić information content (AvgIpc) is 2.30. The van der Waals surface area contributed by atoms with E-state index in [0.717, 1.165) is 38.6 Å². The SMILES string of the molecule is OC1CCCCC1CNC1CCCCC1O. The van der Waals surface area contributed by atoms with Crippen LogP contribution in [0.5, 0.6) is 0 Å². The van der Waals surface area contributed by atoms with Crippen LogP contribution in [0.2, 0.25) is 0 Å². The van der Waals surface area contributed by atoms with Gasteiger partial charge in [0.2, 0.25) is 0 Å². The number of aliphatic hydroxyl groups excluding tert-OH is 2. The van der Waals surface area contributed by atoms with Gasteiger partial charge in [-0.25, -0.2) is 0 Å². The maximum atomic E-state index is 9.86. The lowest BCUT2D eigenvalue weighted by Gasteiger charge is -2.33. The molecule has 0 spiro atoms. The van der Waals surface area contributed by atoms with Crippen molar-refractivity contribution in [2.75, 3.05) is 6.54 Å². The first-order valence-electron chi connectivity index (χ1n) is 6.87. The highest BCUT2D eigenvalue weighted by atomic mass is 16.3. The van der Waals surface area contributed by atoms with Gasteiger partial charge in [0.05, 0.1) is 12.2 Å². The molecule has 0 aliphatic heterocycles. The Morgan fingerprint density at radius 3 is 2.12 bits per heavy atom. The predicted octanol–water partition coefficient (Wildman–Crippen LogP) is 1.43. The summed E-state index contributed by atoms with van der Waals surface area (Å²) in [6.07, 6.45) is 8.62. The highest BCUT2D eigenvalue weighted by Gasteiger charge is 2.26. The summed E-state index contributed by atoms with van der Waals surface area (Å²) in [4.78, 5) is 0. The van der Waals surface area contributed by atoms with Crippen LogP contribution in [0.15, 0.2) is 0 Å². The zero-order chi connectivity index (χ0) is 11.4. The molecule has 3 heteroatoms. The number of hydrogen-bond acceptors (Lipinski definition) is 3. The van der Waals surface area contributed by atoms with Gasteiger partial charge >= 0.3 is 0 Å². The van der Waals surface area contributed by atoms with Gasteiger partial charge in [-0.3, -0.25) is 0 Å². The van der Waals surface area contributed by atoms with Crippen molar-refractivity contribution in [3.63, 3.8) is 0 Å². The molecule has 94 valence electrons. The Hall–Kier alpha value is -0.120. The van der Waals surface area contributed by atoms with E-state index in [0.29, 0.717) is 5.92 Å². The topological polar surface area (TPSA) is 52.5 Å². The average molecular weight is 227 g/mol. The summed E-state index contributed by atoms with van der Waals surface area (Å²) in [6.45, 7) is 0.878. The first kappa shape index (κ1) is 12.3. The normalized spacial score (nSPS) is 40.9. The summed E-state index contributed by atoms with van der Waals surface area (Å²) in [7, 11) is 0. The first-order valence-corrected chi connectivity index (χ1v) is 6.87. The zero-order valence-corrected chi connectivity index (χ0v) is 10.1. The Bertz CT molecular complexity index is 188. The van der Waals surface area contributed by atoms with Crippen LogP contribution < -0.4 is 5.32 Å². The second-order valence-corrected chi connectivity index (χ2v) is 5.48. The molecule has 4 atom stereocenters. The third-order valence-electron chi connectivity index (χ3n) is 4.24. The molecule has 16 heavy (non-hydrogen) atoms. The molecule has 0 radical (unpaired) electrons. The van der Waals surface area contributed by atoms with E-state index in [1.165, 1.54) is 19.3 Å². The molecule has 3 nitrogen and oxygen atoms in total. The van der Waals surface area contributed by atoms with Crippen molar-refractivity contribution >= 4 is 0 Å². The molecule has 0 aromatic carbocycles. The van der Waals surface area contributed by atoms with E-state index in [1.54, 1.807) is 0 Å². The van der Waals surface area contributed by atoms with Crippen LogP contribution >= 0.6 is 0 Å². The van der Waals surface area contributed by atoms with Gasteiger partial charge in [-0.1, -0.05) is 25.7 Å². The zero-order valence-electron chi connectivity index (χ0n) is 10.1. The lowest BCUT2D eigenvalue weighted by atomic mass is 9.85. The number of aliphatic hydroxyl groups is 2. The molecule has 0 bridgehead atoms. The van der Waals surface area contributed by atoms with E-state index in [9.17, 15) is 10.2 Å². The van der Waals surface area contributed by atoms with Gasteiger partial charge in [0.1, 0.15) is 0 Å². The molecular formula is C13H25NO2. The van der Waals surface area contributed by atoms with Gasteiger partial charge in [0.15, 0.2) is 0 Å². The van der Waals surface area contributed by atoms with Crippen LogP contribution in [0.3, 0.4) is 0 Å². The second-order valence-electron chi connectivity index (χ2n) is 5.48. The molecule has 2 aliphatic rings. The van der Waals surface area contributed by atoms with Crippen molar-refractivity contribution < 1.29 is 10.2 Å². The Labute approximate surface area is 98.2 Å². The fourth-order valence-corrected chi connectivity index (χ4v) is 3.08. The largest absolute Gasteiger partial charge is 0.393 e. The highest BCUT2D eigenvalue weighted by Crippen LogP contribution is 2.25. The Balaban J connectivity index is 1.72. The van der Waals surface area contributed by atoms with Gasteiger partial charge in [-0.05, 0) is 31.6 Å². The molecule has 0 aromatic rings. The Morgan fingerprint density at radius 2 is 1.44 bits per heavy atom. The van der Waals surface area contributed by atoms with E-state index < -0.39 is 0 Å². The molecule has 2 fully saturated rings. The molecule has 2 aliphatic carbocycles. The quantitative estimate of drug-likeness (QED) is 0.683. The van der Waals surface area contributed by atoms with Crippen molar-refractivity contribution in [1.82, 2.24) is 5.32 Å². The summed E-state index contributed by atoms with van der Waals surface area (Å²) in [5, 5.41) is 23.2. The summed E-state index contributed by atoms with van der Waals surface area (Å²) in [6, 6.07) is 0.267. The highest BCUT2D eigenvalue weighted by molar-refractivity contribution is 4.83. The third kappa shape index (κ3) is 3.19. The van der Waals surface area contributed by atoms with Crippen LogP contribution in [0.1, 0.15) is 51.4 Å². The van der Waals surface area contributed by atoms with Crippen LogP contribution in [-0.2, 0) is 0 Å². The number of hydrogen-bond donors (Lipinski definition) is 3. The van der Waals surface area contributed by atoms with Gasteiger partial charge in [-0.2, -0.15) is 0 Å². The molecule has 0 amide bonds. The van der Waals surface area contributed by atoms with Crippen LogP contribution in [0.4, 0.5) is 0 Å². The molecule has 4 unspecified atom stereocenters. The maximum absolute atomic E-state index is 9.86. The van der Waals surface area contributed by atoms with E-state index in [2.05, 4.69) is 5.32 Å². The minimum Gasteiger partial charge on any atom is -0.393 e. The van der Waals surface area contributed by atoms with Gasteiger partial charge in [0.25, 0.3) is 0 Å². The number of rotatable bonds is 3. The molecular weight excluding hydrogens is 202 g/mol. The number of nitrogens with one attached hydrogen (secondary N) is 1. The lowest BCUT2D eigenvalue weighted by Crippen LogP contribution is -2.46. The molecule has 0 heterocycles. The summed E-state index contributed by atoms with van der Waals surface area (Å²) >= 11 is 0. The minimum atomic E-state index is -0.172. The smallest absolute Gasteiger partial charge is 0.0693 e. The van der Waals surface area contributed by atoms with E-state index in [-0.39, 0.29) is 18.2 Å². The van der Waals surface area contributed by atoms with Crippen molar-refractivity contribution in [1.29, 1.82) is 0 Å². The summed E-state index contributed by atoms with van der Waals surface area (Å²) < 4.78 is 0. The van der Waals surface area contributed by atoms with Crippen molar-refractivity contribution in [2.45, 2.75) is 69.6 Å². The fraction of sp³-hybridized carbons (Fsp3) is 1.00. The molecule has 3 N–H and O–H groups in total. The van der Waals surface area contributed by atoms with E-state index in [1.807, 2.05) is 0 Å². The summed E-state index contributed by atoms with van der Waals surface area (Å²) in [5.41, 5.74) is 0. The molecule has 2 rings (SSSR count). The third-order valence-corrected chi connectivity index (χ3v) is 4.24. The van der Waals surface area contributed by atoms with Gasteiger partial charge in [0, 0.05) is 12.6 Å². The van der Waals surface area contributed by atoms with Crippen molar-refractivity contribution in [2.24, 2.45) is 5.92 Å². The second kappa shape index (κ2) is 5.99. The van der Waals surface area contributed by atoms with Crippen LogP contribution in [0, 0.1) is 5.92 Å². The monoisotopic (exact) mass is 227 g/mol. The standard InChI is InChI=1S/C13H25NO2/c15-12-7-3-1-5-10(12)9-14-11-6-2-4-8-13(11)16/h10-16H,1-9H2. The Morgan fingerprint density at radius 1 is 0.812 bits per heavy atom. The Kier molecular flexibility index (Phi) is 4.62. The van der Waals surface area contributed by atoms with Gasteiger partial charge < -0.3 is 15.5 Å². The van der Waals surface area contributed by atoms with Crippen molar-refractivity contribution in [3.8, 4) is 0 Å². The van der Waals surface area contributed by atoms with Gasteiger partial charge in [-0.15, -0.1) is 0 Å². The lowest BCUT2D eigenvalue weighted by molar-refractivity contribution is 0.0529. The first-order chi connectivity index (χ1) is 7.77. The molecule has 0 aromatic heterocycles. The predicted molar refractivity (Wildman–Crippen MR) is 64.2 cm³/mol. The van der Waals surface area contributed by atoms with Crippen LogP contribution in [0.25, 0.3) is 0 Å².